The number of benzene rings is 3. The van der Waals surface area contributed by atoms with E-state index in [0.717, 1.165) is 53.1 Å². The van der Waals surface area contributed by atoms with Crippen molar-refractivity contribution in [3.63, 3.8) is 0 Å². The van der Waals surface area contributed by atoms with E-state index in [0.29, 0.717) is 23.2 Å². The minimum atomic E-state index is -4.75. The lowest BCUT2D eigenvalue weighted by molar-refractivity contribution is -0.274. The maximum atomic E-state index is 12.9. The molecule has 0 radical (unpaired) electrons. The van der Waals surface area contributed by atoms with Crippen LogP contribution in [0.3, 0.4) is 0 Å². The van der Waals surface area contributed by atoms with E-state index in [4.69, 9.17) is 4.74 Å². The Morgan fingerprint density at radius 2 is 1.78 bits per heavy atom. The van der Waals surface area contributed by atoms with Gasteiger partial charge in [-0.1, -0.05) is 56.8 Å². The molecule has 260 valence electrons. The number of amides is 2. The van der Waals surface area contributed by atoms with Crippen LogP contribution in [-0.2, 0) is 0 Å². The first-order valence-corrected chi connectivity index (χ1v) is 17.2. The molecule has 5 rings (SSSR count). The zero-order valence-electron chi connectivity index (χ0n) is 28.2. The molecule has 2 unspecified atom stereocenters. The minimum absolute atomic E-state index is 0.208. The summed E-state index contributed by atoms with van der Waals surface area (Å²) >= 11 is 1.61. The Kier molecular flexibility index (Phi) is 11.5. The smallest absolute Gasteiger partial charge is 0.497 e. The molecule has 1 aliphatic rings. The summed E-state index contributed by atoms with van der Waals surface area (Å²) in [4.78, 5) is 24.0. The Balaban J connectivity index is 1.13. The van der Waals surface area contributed by atoms with Crippen molar-refractivity contribution >= 4 is 28.6 Å². The first kappa shape index (κ1) is 35.8. The van der Waals surface area contributed by atoms with Crippen molar-refractivity contribution < 1.29 is 27.4 Å². The molecule has 1 aliphatic heterocycles. The van der Waals surface area contributed by atoms with Gasteiger partial charge in [0.25, 0.3) is 0 Å². The van der Waals surface area contributed by atoms with Crippen molar-refractivity contribution in [3.05, 3.63) is 84.2 Å². The lowest BCUT2D eigenvalue weighted by Gasteiger charge is -2.37. The van der Waals surface area contributed by atoms with Gasteiger partial charge in [-0.15, -0.1) is 18.3 Å². The number of hydrogen-bond acceptors (Lipinski definition) is 6. The van der Waals surface area contributed by atoms with Gasteiger partial charge in [0.05, 0.1) is 12.8 Å². The van der Waals surface area contributed by atoms with Gasteiger partial charge in [0, 0.05) is 29.6 Å². The molecule has 2 heterocycles. The lowest BCUT2D eigenvalue weighted by atomic mass is 9.95. The number of aromatic nitrogens is 3. The van der Waals surface area contributed by atoms with Gasteiger partial charge in [0.1, 0.15) is 17.8 Å². The molecule has 3 aromatic carbocycles. The molecule has 1 saturated heterocycles. The van der Waals surface area contributed by atoms with Crippen molar-refractivity contribution in [2.45, 2.75) is 71.2 Å². The maximum absolute atomic E-state index is 12.9. The van der Waals surface area contributed by atoms with Crippen LogP contribution in [0.25, 0.3) is 17.1 Å². The third kappa shape index (κ3) is 9.34. The second kappa shape index (κ2) is 15.8. The summed E-state index contributed by atoms with van der Waals surface area (Å²) in [7, 11) is 1.67. The fraction of sp³-hybridized carbons (Fsp3) is 0.389. The summed E-state index contributed by atoms with van der Waals surface area (Å²) in [6, 6.07) is 19.3. The average molecular weight is 695 g/mol. The summed E-state index contributed by atoms with van der Waals surface area (Å²) in [5.41, 5.74) is 4.73. The second-order valence-electron chi connectivity index (χ2n) is 12.3. The standard InChI is InChI=1S/C36H41F3N6O3S/c1-23(2)31-21-30(47-5)16-17-32(31)45-25(4)18-20-49-35(45)42-34(46)40-19-6-7-24(3)26-8-10-27(11-9-26)33-41-22-44(43-33)28-12-14-29(15-13-28)48-36(37,38)39/h8-17,21-25H,6-7,18-20H2,1-5H3,(H,40,46). The SMILES string of the molecule is COc1ccc(N2C(=NC(=O)NCCCC(C)c3ccc(-c4ncn(-c5ccc(OC(F)(F)F)cc5)n4)cc3)SCCC2C)c(C(C)C)c1. The zero-order valence-corrected chi connectivity index (χ0v) is 29.0. The largest absolute Gasteiger partial charge is 0.573 e. The number of amidine groups is 1. The molecule has 9 nitrogen and oxygen atoms in total. The number of nitrogens with one attached hydrogen (secondary N) is 1. The number of nitrogens with zero attached hydrogens (tertiary/aromatic N) is 5. The van der Waals surface area contributed by atoms with E-state index in [9.17, 15) is 18.0 Å². The quantitative estimate of drug-likeness (QED) is 0.157. The Morgan fingerprint density at radius 1 is 1.06 bits per heavy atom. The number of carbonyl (C=O) groups excluding carboxylic acids is 1. The number of rotatable bonds is 11. The third-order valence-corrected chi connectivity index (χ3v) is 9.37. The van der Waals surface area contributed by atoms with Crippen molar-refractivity contribution in [1.29, 1.82) is 0 Å². The first-order chi connectivity index (χ1) is 23.4. The molecule has 1 fully saturated rings. The second-order valence-corrected chi connectivity index (χ2v) is 13.3. The van der Waals surface area contributed by atoms with Gasteiger partial charge in [0.2, 0.25) is 0 Å². The van der Waals surface area contributed by atoms with Gasteiger partial charge in [-0.25, -0.2) is 14.5 Å². The molecule has 0 aliphatic carbocycles. The number of hydrogen-bond donors (Lipinski definition) is 1. The highest BCUT2D eigenvalue weighted by Gasteiger charge is 2.31. The number of ether oxygens (including phenoxy) is 2. The van der Waals surface area contributed by atoms with Crippen LogP contribution >= 0.6 is 11.8 Å². The van der Waals surface area contributed by atoms with Crippen LogP contribution in [0.5, 0.6) is 11.5 Å². The predicted octanol–water partition coefficient (Wildman–Crippen LogP) is 8.95. The molecule has 2 atom stereocenters. The summed E-state index contributed by atoms with van der Waals surface area (Å²) in [5, 5.41) is 8.16. The molecule has 1 aromatic heterocycles. The number of halogens is 3. The number of thioether (sulfide) groups is 1. The van der Waals surface area contributed by atoms with Gasteiger partial charge in [0.15, 0.2) is 11.0 Å². The van der Waals surface area contributed by atoms with Crippen LogP contribution in [0.15, 0.2) is 78.0 Å². The van der Waals surface area contributed by atoms with Crippen LogP contribution in [0, 0.1) is 0 Å². The van der Waals surface area contributed by atoms with E-state index in [1.807, 2.05) is 30.3 Å². The van der Waals surface area contributed by atoms with Crippen LogP contribution in [0.4, 0.5) is 23.7 Å². The molecule has 0 spiro atoms. The molecule has 0 bridgehead atoms. The highest BCUT2D eigenvalue weighted by atomic mass is 32.2. The highest BCUT2D eigenvalue weighted by Crippen LogP contribution is 2.37. The Hall–Kier alpha value is -4.52. The number of aliphatic imine (C=N–C) groups is 1. The fourth-order valence-electron chi connectivity index (χ4n) is 5.65. The van der Waals surface area contributed by atoms with E-state index in [1.54, 1.807) is 18.9 Å². The lowest BCUT2D eigenvalue weighted by Crippen LogP contribution is -2.42. The molecular weight excluding hydrogens is 653 g/mol. The van der Waals surface area contributed by atoms with Gasteiger partial charge < -0.3 is 19.7 Å². The molecule has 13 heteroatoms. The van der Waals surface area contributed by atoms with Crippen LogP contribution < -0.4 is 19.7 Å². The number of methoxy groups -OCH3 is 1. The normalized spacial score (nSPS) is 16.6. The van der Waals surface area contributed by atoms with E-state index in [2.05, 4.69) is 69.9 Å². The summed E-state index contributed by atoms with van der Waals surface area (Å²) < 4.78 is 48.2. The molecule has 0 saturated carbocycles. The monoisotopic (exact) mass is 694 g/mol. The number of alkyl halides is 3. The number of anilines is 1. The van der Waals surface area contributed by atoms with E-state index in [-0.39, 0.29) is 29.7 Å². The van der Waals surface area contributed by atoms with Crippen LogP contribution in [0.1, 0.15) is 69.9 Å². The van der Waals surface area contributed by atoms with Crippen molar-refractivity contribution in [2.24, 2.45) is 4.99 Å². The molecule has 4 aromatic rings. The van der Waals surface area contributed by atoms with Gasteiger partial charge >= 0.3 is 12.4 Å². The summed E-state index contributed by atoms with van der Waals surface area (Å²) in [6.07, 6.45) is -0.573. The number of urea groups is 1. The molecule has 49 heavy (non-hydrogen) atoms. The first-order valence-electron chi connectivity index (χ1n) is 16.3. The maximum Gasteiger partial charge on any atom is 0.573 e. The average Bonchev–Trinajstić information content (AvgIpc) is 3.57. The van der Waals surface area contributed by atoms with Gasteiger partial charge in [-0.2, -0.15) is 4.99 Å². The zero-order chi connectivity index (χ0) is 35.1. The Bertz CT molecular complexity index is 1740. The molecule has 2 amide bonds. The van der Waals surface area contributed by atoms with E-state index < -0.39 is 6.36 Å². The summed E-state index contributed by atoms with van der Waals surface area (Å²) in [5.74, 6) is 2.44. The Morgan fingerprint density at radius 3 is 2.45 bits per heavy atom. The van der Waals surface area contributed by atoms with Crippen molar-refractivity contribution in [1.82, 2.24) is 20.1 Å². The molecular formula is C36H41F3N6O3S. The minimum Gasteiger partial charge on any atom is -0.497 e. The highest BCUT2D eigenvalue weighted by molar-refractivity contribution is 8.14. The molecule has 1 N–H and O–H groups in total. The fourth-order valence-corrected chi connectivity index (χ4v) is 6.86. The van der Waals surface area contributed by atoms with E-state index >= 15 is 0 Å². The van der Waals surface area contributed by atoms with Crippen molar-refractivity contribution in [2.75, 3.05) is 24.3 Å². The third-order valence-electron chi connectivity index (χ3n) is 8.38. The van der Waals surface area contributed by atoms with Crippen LogP contribution in [0.2, 0.25) is 0 Å². The number of carbonyl (C=O) groups is 1. The Labute approximate surface area is 288 Å². The van der Waals surface area contributed by atoms with Crippen molar-refractivity contribution in [3.8, 4) is 28.6 Å². The predicted molar refractivity (Wildman–Crippen MR) is 188 cm³/mol. The topological polar surface area (TPSA) is 93.9 Å². The summed E-state index contributed by atoms with van der Waals surface area (Å²) in [6.45, 7) is 9.14. The van der Waals surface area contributed by atoms with Crippen LogP contribution in [-0.4, -0.2) is 57.8 Å². The van der Waals surface area contributed by atoms with Gasteiger partial charge in [-0.05, 0) is 91.6 Å². The van der Waals surface area contributed by atoms with E-state index in [1.165, 1.54) is 35.3 Å². The van der Waals surface area contributed by atoms with Gasteiger partial charge in [-0.3, -0.25) is 0 Å².